The molecule has 2 heterocycles. The Morgan fingerprint density at radius 3 is 2.71 bits per heavy atom. The van der Waals surface area contributed by atoms with Crippen LogP contribution in [0.4, 0.5) is 4.39 Å². The first-order valence-corrected chi connectivity index (χ1v) is 9.46. The highest BCUT2D eigenvalue weighted by Gasteiger charge is 2.58. The third-order valence-electron chi connectivity index (χ3n) is 4.11. The molecule has 1 saturated heterocycles. The number of halogens is 2. The van der Waals surface area contributed by atoms with Crippen LogP contribution in [-0.2, 0) is 9.47 Å². The molecule has 1 aromatic carbocycles. The lowest BCUT2D eigenvalue weighted by Gasteiger charge is -2.27. The molecular weight excluding hydrogens is 488 g/mol. The number of nitrogens with one attached hydrogen (secondary N) is 1. The maximum absolute atomic E-state index is 15.3. The number of H-pyrrole nitrogens is 1. The number of ether oxygens (including phenoxy) is 2. The van der Waals surface area contributed by atoms with Crippen LogP contribution in [0.2, 0.25) is 0 Å². The Morgan fingerprint density at radius 2 is 2.11 bits per heavy atom. The predicted molar refractivity (Wildman–Crippen MR) is 103 cm³/mol. The number of rotatable bonds is 5. The first-order chi connectivity index (χ1) is 13.4. The van der Waals surface area contributed by atoms with E-state index in [0.29, 0.717) is 0 Å². The molecule has 0 saturated carbocycles. The summed E-state index contributed by atoms with van der Waals surface area (Å²) in [5.74, 6) is -0.839. The van der Waals surface area contributed by atoms with Gasteiger partial charge in [-0.05, 0) is 17.7 Å². The van der Waals surface area contributed by atoms with Gasteiger partial charge in [-0.2, -0.15) is 0 Å². The molecule has 3 rings (SSSR count). The molecule has 0 amide bonds. The van der Waals surface area contributed by atoms with Crippen molar-refractivity contribution in [2.24, 2.45) is 5.11 Å². The van der Waals surface area contributed by atoms with Crippen LogP contribution in [0.15, 0.2) is 57.3 Å². The van der Waals surface area contributed by atoms with Gasteiger partial charge < -0.3 is 9.47 Å². The van der Waals surface area contributed by atoms with Gasteiger partial charge in [0.2, 0.25) is 0 Å². The molecule has 1 aromatic heterocycles. The molecule has 0 spiro atoms. The highest BCUT2D eigenvalue weighted by molar-refractivity contribution is 14.1. The minimum absolute atomic E-state index is 0.0589. The highest BCUT2D eigenvalue weighted by atomic mass is 127. The smallest absolute Gasteiger partial charge is 0.338 e. The molecule has 10 nitrogen and oxygen atoms in total. The van der Waals surface area contributed by atoms with Crippen LogP contribution in [0.3, 0.4) is 0 Å². The molecule has 0 radical (unpaired) electrons. The fourth-order valence-electron chi connectivity index (χ4n) is 2.78. The van der Waals surface area contributed by atoms with Crippen LogP contribution < -0.4 is 11.2 Å². The van der Waals surface area contributed by atoms with E-state index in [4.69, 9.17) is 15.0 Å². The Labute approximate surface area is 170 Å². The van der Waals surface area contributed by atoms with Crippen molar-refractivity contribution in [2.75, 3.05) is 4.43 Å². The van der Waals surface area contributed by atoms with Crippen LogP contribution in [0.1, 0.15) is 16.6 Å². The van der Waals surface area contributed by atoms with Gasteiger partial charge in [-0.3, -0.25) is 14.3 Å². The largest absolute Gasteiger partial charge is 0.452 e. The molecule has 1 N–H and O–H groups in total. The number of esters is 1. The molecule has 2 aromatic rings. The number of aromatic nitrogens is 2. The average Bonchev–Trinajstić information content (AvgIpc) is 2.95. The fraction of sp³-hybridized carbons (Fsp3) is 0.312. The van der Waals surface area contributed by atoms with Crippen LogP contribution >= 0.6 is 22.6 Å². The lowest BCUT2D eigenvalue weighted by atomic mass is 10.1. The zero-order valence-corrected chi connectivity index (χ0v) is 16.2. The normalized spacial score (nSPS) is 26.4. The third kappa shape index (κ3) is 3.66. The zero-order valence-electron chi connectivity index (χ0n) is 14.1. The Hall–Kier alpha value is -2.70. The number of carbonyl (C=O) groups excluding carboxylic acids is 1. The molecular formula is C16H13FIN5O5. The van der Waals surface area contributed by atoms with E-state index in [1.54, 1.807) is 40.8 Å². The number of nitrogens with zero attached hydrogens (tertiary/aromatic N) is 4. The van der Waals surface area contributed by atoms with Gasteiger partial charge >= 0.3 is 11.7 Å². The molecule has 146 valence electrons. The van der Waals surface area contributed by atoms with Crippen molar-refractivity contribution in [2.45, 2.75) is 24.2 Å². The van der Waals surface area contributed by atoms with Crippen LogP contribution in [0.5, 0.6) is 0 Å². The number of alkyl halides is 2. The lowest BCUT2D eigenvalue weighted by Crippen LogP contribution is -2.44. The van der Waals surface area contributed by atoms with Crippen molar-refractivity contribution in [3.63, 3.8) is 0 Å². The molecule has 12 heteroatoms. The van der Waals surface area contributed by atoms with E-state index in [9.17, 15) is 14.4 Å². The summed E-state index contributed by atoms with van der Waals surface area (Å²) in [6.45, 7) is 0. The van der Waals surface area contributed by atoms with E-state index in [-0.39, 0.29) is 9.99 Å². The van der Waals surface area contributed by atoms with Crippen LogP contribution in [0.25, 0.3) is 10.4 Å². The second kappa shape index (κ2) is 8.12. The molecule has 1 aliphatic heterocycles. The molecule has 0 unspecified atom stereocenters. The SMILES string of the molecule is [N-]=[N+]=N[C@]1(CI)O[C@@H](n2ccc(=O)[nH]c2=O)[C@H](F)[C@@H]1OC(=O)c1ccccc1. The topological polar surface area (TPSA) is 139 Å². The van der Waals surface area contributed by atoms with Gasteiger partial charge in [-0.25, -0.2) is 14.0 Å². The lowest BCUT2D eigenvalue weighted by molar-refractivity contribution is -0.0872. The van der Waals surface area contributed by atoms with Gasteiger partial charge in [0.15, 0.2) is 24.2 Å². The number of azide groups is 1. The summed E-state index contributed by atoms with van der Waals surface area (Å²) < 4.78 is 26.9. The average molecular weight is 501 g/mol. The number of hydrogen-bond donors (Lipinski definition) is 1. The first kappa shape index (κ1) is 20.0. The number of carbonyl (C=O) groups is 1. The minimum atomic E-state index is -2.04. The summed E-state index contributed by atoms with van der Waals surface area (Å²) in [6, 6.07) is 8.89. The molecule has 1 fully saturated rings. The zero-order chi connectivity index (χ0) is 20.3. The van der Waals surface area contributed by atoms with Gasteiger partial charge in [-0.15, -0.1) is 0 Å². The molecule has 4 atom stereocenters. The number of hydrogen-bond acceptors (Lipinski definition) is 6. The molecule has 0 bridgehead atoms. The number of benzene rings is 1. The first-order valence-electron chi connectivity index (χ1n) is 7.93. The monoisotopic (exact) mass is 501 g/mol. The summed E-state index contributed by atoms with van der Waals surface area (Å²) in [7, 11) is 0. The van der Waals surface area contributed by atoms with Crippen molar-refractivity contribution in [3.05, 3.63) is 79.4 Å². The summed E-state index contributed by atoms with van der Waals surface area (Å²) in [5, 5.41) is 3.52. The van der Waals surface area contributed by atoms with E-state index < -0.39 is 41.4 Å². The van der Waals surface area contributed by atoms with Gasteiger partial charge in [0.1, 0.15) is 0 Å². The summed E-state index contributed by atoms with van der Waals surface area (Å²) in [5.41, 5.74) is 5.63. The predicted octanol–water partition coefficient (Wildman–Crippen LogP) is 2.07. The number of aromatic amines is 1. The molecule has 0 aliphatic carbocycles. The van der Waals surface area contributed by atoms with E-state index >= 15 is 4.39 Å². The van der Waals surface area contributed by atoms with Gasteiger partial charge in [0, 0.05) is 21.6 Å². The summed E-state index contributed by atoms with van der Waals surface area (Å²) >= 11 is 1.80. The quantitative estimate of drug-likeness (QED) is 0.167. The fourth-order valence-corrected chi connectivity index (χ4v) is 3.55. The third-order valence-corrected chi connectivity index (χ3v) is 5.20. The van der Waals surface area contributed by atoms with E-state index in [0.717, 1.165) is 16.8 Å². The van der Waals surface area contributed by atoms with Crippen molar-refractivity contribution >= 4 is 28.6 Å². The van der Waals surface area contributed by atoms with E-state index in [1.165, 1.54) is 12.1 Å². The Kier molecular flexibility index (Phi) is 5.82. The van der Waals surface area contributed by atoms with E-state index in [2.05, 4.69) is 10.0 Å². The van der Waals surface area contributed by atoms with Gasteiger partial charge in [0.05, 0.1) is 5.56 Å². The van der Waals surface area contributed by atoms with Crippen LogP contribution in [0, 0.1) is 0 Å². The Morgan fingerprint density at radius 1 is 1.39 bits per heavy atom. The maximum atomic E-state index is 15.3. The second-order valence-corrected chi connectivity index (χ2v) is 6.59. The van der Waals surface area contributed by atoms with Crippen LogP contribution in [-0.4, -0.2) is 37.9 Å². The molecule has 28 heavy (non-hydrogen) atoms. The maximum Gasteiger partial charge on any atom is 0.338 e. The van der Waals surface area contributed by atoms with Crippen molar-refractivity contribution in [1.29, 1.82) is 0 Å². The van der Waals surface area contributed by atoms with Gasteiger partial charge in [0.25, 0.3) is 5.56 Å². The van der Waals surface area contributed by atoms with Crippen molar-refractivity contribution < 1.29 is 18.7 Å². The highest BCUT2D eigenvalue weighted by Crippen LogP contribution is 2.43. The van der Waals surface area contributed by atoms with E-state index in [1.807, 2.05) is 4.98 Å². The molecule has 1 aliphatic rings. The Balaban J connectivity index is 2.00. The minimum Gasteiger partial charge on any atom is -0.452 e. The van der Waals surface area contributed by atoms with Gasteiger partial charge in [-0.1, -0.05) is 45.9 Å². The summed E-state index contributed by atoms with van der Waals surface area (Å²) in [4.78, 5) is 40.4. The Bertz CT molecular complexity index is 1040. The second-order valence-electron chi connectivity index (χ2n) is 5.83. The van der Waals surface area contributed by atoms with Crippen molar-refractivity contribution in [3.8, 4) is 0 Å². The standard InChI is InChI=1S/C16H13FIN5O5/c17-11-12(27-14(25)9-4-2-1-3-5-9)16(8-18,21-22-19)28-13(11)23-7-6-10(24)20-15(23)26/h1-7,11-13H,8H2,(H,20,24,26)/t11-,12+,13-,16-/m1/s1. The summed E-state index contributed by atoms with van der Waals surface area (Å²) in [6.07, 6.45) is -4.18. The van der Waals surface area contributed by atoms with Crippen molar-refractivity contribution in [1.82, 2.24) is 9.55 Å².